The van der Waals surface area contributed by atoms with E-state index in [1.165, 1.54) is 6.42 Å². The fraction of sp³-hybridized carbons (Fsp3) is 0.429. The summed E-state index contributed by atoms with van der Waals surface area (Å²) in [5.74, 6) is 0. The lowest BCUT2D eigenvalue weighted by molar-refractivity contribution is 0.261. The second kappa shape index (κ2) is 5.80. The Balaban J connectivity index is 1.91. The summed E-state index contributed by atoms with van der Waals surface area (Å²) in [5.41, 5.74) is 1.06. The van der Waals surface area contributed by atoms with Crippen LogP contribution in [0, 0.1) is 0 Å². The predicted molar refractivity (Wildman–Crippen MR) is 66.0 cm³/mol. The van der Waals surface area contributed by atoms with Crippen molar-refractivity contribution in [2.45, 2.75) is 31.5 Å². The van der Waals surface area contributed by atoms with Crippen LogP contribution < -0.4 is 5.32 Å². The van der Waals surface area contributed by atoms with Gasteiger partial charge in [0.1, 0.15) is 6.17 Å². The molecule has 1 heterocycles. The Labute approximate surface area is 96.4 Å². The Bertz CT molecular complexity index is 328. The number of piperidine rings is 1. The molecule has 0 aromatic heterocycles. The van der Waals surface area contributed by atoms with E-state index in [4.69, 9.17) is 0 Å². The van der Waals surface area contributed by atoms with Gasteiger partial charge in [0.05, 0.1) is 0 Å². The Kier molecular flexibility index (Phi) is 4.11. The van der Waals surface area contributed by atoms with Crippen LogP contribution in [-0.2, 0) is 0 Å². The minimum atomic E-state index is -0.875. The first-order chi connectivity index (χ1) is 7.86. The zero-order valence-electron chi connectivity index (χ0n) is 9.40. The number of benzene rings is 1. The van der Waals surface area contributed by atoms with Gasteiger partial charge < -0.3 is 5.32 Å². The molecule has 2 unspecified atom stereocenters. The van der Waals surface area contributed by atoms with E-state index < -0.39 is 6.17 Å². The summed E-state index contributed by atoms with van der Waals surface area (Å²) >= 11 is 0. The first-order valence-electron chi connectivity index (χ1n) is 5.97. The maximum atomic E-state index is 13.8. The molecule has 0 radical (unpaired) electrons. The van der Waals surface area contributed by atoms with Gasteiger partial charge in [-0.15, -0.1) is 0 Å². The number of halogens is 1. The summed E-state index contributed by atoms with van der Waals surface area (Å²) in [5, 5.41) is 3.23. The van der Waals surface area contributed by atoms with Crippen molar-refractivity contribution in [1.29, 1.82) is 0 Å². The Morgan fingerprint density at radius 1 is 1.25 bits per heavy atom. The highest BCUT2D eigenvalue weighted by Crippen LogP contribution is 2.15. The molecule has 2 heteroatoms. The third-order valence-electron chi connectivity index (χ3n) is 3.00. The predicted octanol–water partition coefficient (Wildman–Crippen LogP) is 3.18. The Hall–Kier alpha value is -1.15. The van der Waals surface area contributed by atoms with E-state index in [-0.39, 0.29) is 6.04 Å². The van der Waals surface area contributed by atoms with Crippen LogP contribution in [0.25, 0.3) is 6.08 Å². The summed E-state index contributed by atoms with van der Waals surface area (Å²) in [7, 11) is 0. The summed E-state index contributed by atoms with van der Waals surface area (Å²) in [4.78, 5) is 0. The highest BCUT2D eigenvalue weighted by Gasteiger charge is 2.19. The molecule has 2 atom stereocenters. The molecule has 1 aliphatic rings. The summed E-state index contributed by atoms with van der Waals surface area (Å²) in [6, 6.07) is 9.87. The minimum Gasteiger partial charge on any atom is -0.311 e. The molecule has 0 saturated carbocycles. The van der Waals surface area contributed by atoms with Crippen LogP contribution in [0.4, 0.5) is 4.39 Å². The Morgan fingerprint density at radius 2 is 2.06 bits per heavy atom. The minimum absolute atomic E-state index is 0.00807. The fourth-order valence-electron chi connectivity index (χ4n) is 2.05. The van der Waals surface area contributed by atoms with Crippen molar-refractivity contribution in [2.24, 2.45) is 0 Å². The zero-order valence-corrected chi connectivity index (χ0v) is 9.40. The lowest BCUT2D eigenvalue weighted by atomic mass is 10.00. The van der Waals surface area contributed by atoms with E-state index >= 15 is 0 Å². The third kappa shape index (κ3) is 3.17. The molecular formula is C14H18FN. The van der Waals surface area contributed by atoms with Gasteiger partial charge in [0.2, 0.25) is 0 Å². The standard InChI is InChI=1S/C14H18FN/c15-13(14-8-4-5-11-16-14)10-9-12-6-2-1-3-7-12/h1-3,6-7,9-10,13-14,16H,4-5,8,11H2/b10-9-. The molecule has 1 fully saturated rings. The van der Waals surface area contributed by atoms with Gasteiger partial charge in [-0.05, 0) is 31.0 Å². The van der Waals surface area contributed by atoms with Crippen molar-refractivity contribution in [1.82, 2.24) is 5.32 Å². The number of rotatable bonds is 3. The van der Waals surface area contributed by atoms with Crippen molar-refractivity contribution >= 4 is 6.08 Å². The molecule has 0 bridgehead atoms. The van der Waals surface area contributed by atoms with Crippen molar-refractivity contribution in [3.05, 3.63) is 42.0 Å². The molecule has 0 amide bonds. The van der Waals surface area contributed by atoms with Crippen molar-refractivity contribution in [2.75, 3.05) is 6.54 Å². The largest absolute Gasteiger partial charge is 0.311 e. The smallest absolute Gasteiger partial charge is 0.134 e. The molecule has 1 N–H and O–H groups in total. The monoisotopic (exact) mass is 219 g/mol. The topological polar surface area (TPSA) is 12.0 Å². The summed E-state index contributed by atoms with van der Waals surface area (Å²) < 4.78 is 13.8. The maximum absolute atomic E-state index is 13.8. The number of hydrogen-bond donors (Lipinski definition) is 1. The van der Waals surface area contributed by atoms with Gasteiger partial charge in [0.15, 0.2) is 0 Å². The van der Waals surface area contributed by atoms with E-state index in [0.29, 0.717) is 0 Å². The van der Waals surface area contributed by atoms with Crippen LogP contribution in [0.2, 0.25) is 0 Å². The Morgan fingerprint density at radius 3 is 2.75 bits per heavy atom. The maximum Gasteiger partial charge on any atom is 0.134 e. The van der Waals surface area contributed by atoms with Crippen LogP contribution in [0.15, 0.2) is 36.4 Å². The van der Waals surface area contributed by atoms with Gasteiger partial charge in [-0.2, -0.15) is 0 Å². The molecule has 16 heavy (non-hydrogen) atoms. The highest BCUT2D eigenvalue weighted by molar-refractivity contribution is 5.49. The molecule has 1 aromatic carbocycles. The normalized spacial score (nSPS) is 23.4. The molecule has 1 aromatic rings. The average Bonchev–Trinajstić information content (AvgIpc) is 2.38. The number of hydrogen-bond acceptors (Lipinski definition) is 1. The van der Waals surface area contributed by atoms with Crippen LogP contribution in [0.1, 0.15) is 24.8 Å². The lowest BCUT2D eigenvalue weighted by Gasteiger charge is -2.24. The fourth-order valence-corrected chi connectivity index (χ4v) is 2.05. The first kappa shape index (κ1) is 11.3. The summed E-state index contributed by atoms with van der Waals surface area (Å²) in [6.45, 7) is 0.949. The van der Waals surface area contributed by atoms with Crippen molar-refractivity contribution in [3.8, 4) is 0 Å². The summed E-state index contributed by atoms with van der Waals surface area (Å²) in [6.07, 6.45) is 5.91. The van der Waals surface area contributed by atoms with Gasteiger partial charge >= 0.3 is 0 Å². The molecule has 86 valence electrons. The molecule has 1 aliphatic heterocycles. The van der Waals surface area contributed by atoms with Crippen molar-refractivity contribution < 1.29 is 4.39 Å². The van der Waals surface area contributed by atoms with Gasteiger partial charge in [0, 0.05) is 6.04 Å². The molecule has 1 saturated heterocycles. The average molecular weight is 219 g/mol. The first-order valence-corrected chi connectivity index (χ1v) is 5.97. The number of alkyl halides is 1. The molecule has 1 nitrogen and oxygen atoms in total. The quantitative estimate of drug-likeness (QED) is 0.823. The van der Waals surface area contributed by atoms with Crippen LogP contribution in [0.3, 0.4) is 0 Å². The van der Waals surface area contributed by atoms with Crippen LogP contribution >= 0.6 is 0 Å². The van der Waals surface area contributed by atoms with E-state index in [1.807, 2.05) is 36.4 Å². The second-order valence-corrected chi connectivity index (χ2v) is 4.27. The van der Waals surface area contributed by atoms with Gasteiger partial charge in [-0.1, -0.05) is 42.8 Å². The molecule has 0 spiro atoms. The zero-order chi connectivity index (χ0) is 11.2. The lowest BCUT2D eigenvalue weighted by Crippen LogP contribution is -2.40. The van der Waals surface area contributed by atoms with Gasteiger partial charge in [-0.3, -0.25) is 0 Å². The highest BCUT2D eigenvalue weighted by atomic mass is 19.1. The molecule has 0 aliphatic carbocycles. The third-order valence-corrected chi connectivity index (χ3v) is 3.00. The molecule has 2 rings (SSSR count). The van der Waals surface area contributed by atoms with E-state index in [2.05, 4.69) is 5.32 Å². The number of nitrogens with one attached hydrogen (secondary N) is 1. The van der Waals surface area contributed by atoms with Gasteiger partial charge in [0.25, 0.3) is 0 Å². The SMILES string of the molecule is FC(/C=C\c1ccccc1)C1CCCCN1. The van der Waals surface area contributed by atoms with Crippen molar-refractivity contribution in [3.63, 3.8) is 0 Å². The van der Waals surface area contributed by atoms with E-state index in [1.54, 1.807) is 6.08 Å². The van der Waals surface area contributed by atoms with E-state index in [0.717, 1.165) is 24.9 Å². The van der Waals surface area contributed by atoms with Crippen LogP contribution in [0.5, 0.6) is 0 Å². The second-order valence-electron chi connectivity index (χ2n) is 4.27. The van der Waals surface area contributed by atoms with E-state index in [9.17, 15) is 4.39 Å². The van der Waals surface area contributed by atoms with Crippen LogP contribution in [-0.4, -0.2) is 18.8 Å². The van der Waals surface area contributed by atoms with Gasteiger partial charge in [-0.25, -0.2) is 4.39 Å². The molecular weight excluding hydrogens is 201 g/mol.